The van der Waals surface area contributed by atoms with E-state index in [0.717, 1.165) is 19.7 Å². The number of aryl methyl sites for hydroxylation is 1. The van der Waals surface area contributed by atoms with Gasteiger partial charge in [0.05, 0.1) is 6.20 Å². The maximum absolute atomic E-state index is 5.19. The first kappa shape index (κ1) is 13.6. The Bertz CT molecular complexity index is 371. The quantitative estimate of drug-likeness (QED) is 0.771. The normalized spacial score (nSPS) is 18.8. The zero-order valence-corrected chi connectivity index (χ0v) is 11.8. The molecule has 1 aliphatic rings. The van der Waals surface area contributed by atoms with E-state index in [1.807, 2.05) is 10.9 Å². The van der Waals surface area contributed by atoms with Gasteiger partial charge in [-0.2, -0.15) is 5.10 Å². The standard InChI is InChI=1S/C14H25N3O/c1-4-17-10-13(9-16-17)12(2)15-11-14(5-6-14)7-8-18-3/h9-10,12,15H,4-8,11H2,1-3H3. The van der Waals surface area contributed by atoms with E-state index >= 15 is 0 Å². The summed E-state index contributed by atoms with van der Waals surface area (Å²) in [5.41, 5.74) is 1.78. The number of hydrogen-bond acceptors (Lipinski definition) is 3. The molecule has 1 heterocycles. The van der Waals surface area contributed by atoms with E-state index < -0.39 is 0 Å². The van der Waals surface area contributed by atoms with Crippen LogP contribution in [0.5, 0.6) is 0 Å². The lowest BCUT2D eigenvalue weighted by Crippen LogP contribution is -2.27. The van der Waals surface area contributed by atoms with E-state index in [0.29, 0.717) is 11.5 Å². The van der Waals surface area contributed by atoms with Crippen molar-refractivity contribution in [1.82, 2.24) is 15.1 Å². The average Bonchev–Trinajstić information content (AvgIpc) is 2.99. The van der Waals surface area contributed by atoms with Crippen LogP contribution in [0.3, 0.4) is 0 Å². The largest absolute Gasteiger partial charge is 0.385 e. The summed E-state index contributed by atoms with van der Waals surface area (Å²) in [7, 11) is 1.78. The summed E-state index contributed by atoms with van der Waals surface area (Å²) >= 11 is 0. The topological polar surface area (TPSA) is 39.1 Å². The highest BCUT2D eigenvalue weighted by molar-refractivity contribution is 5.09. The van der Waals surface area contributed by atoms with Gasteiger partial charge in [0, 0.05) is 44.6 Å². The Hall–Kier alpha value is -0.870. The summed E-state index contributed by atoms with van der Waals surface area (Å²) in [5, 5.41) is 7.96. The van der Waals surface area contributed by atoms with Crippen LogP contribution in [0.25, 0.3) is 0 Å². The van der Waals surface area contributed by atoms with E-state index in [4.69, 9.17) is 4.74 Å². The number of ether oxygens (including phenoxy) is 1. The van der Waals surface area contributed by atoms with Crippen LogP contribution in [-0.2, 0) is 11.3 Å². The molecule has 0 saturated heterocycles. The molecule has 4 nitrogen and oxygen atoms in total. The van der Waals surface area contributed by atoms with E-state index in [9.17, 15) is 0 Å². The Kier molecular flexibility index (Phi) is 4.40. The summed E-state index contributed by atoms with van der Waals surface area (Å²) in [6, 6.07) is 0.380. The van der Waals surface area contributed by atoms with Crippen LogP contribution in [0.4, 0.5) is 0 Å². The minimum atomic E-state index is 0.380. The zero-order valence-electron chi connectivity index (χ0n) is 11.8. The van der Waals surface area contributed by atoms with Gasteiger partial charge in [-0.15, -0.1) is 0 Å². The molecule has 0 spiro atoms. The van der Waals surface area contributed by atoms with Crippen LogP contribution >= 0.6 is 0 Å². The molecule has 4 heteroatoms. The van der Waals surface area contributed by atoms with Crippen LogP contribution in [0.15, 0.2) is 12.4 Å². The second-order valence-corrected chi connectivity index (χ2v) is 5.47. The smallest absolute Gasteiger partial charge is 0.0537 e. The van der Waals surface area contributed by atoms with Gasteiger partial charge < -0.3 is 10.1 Å². The Labute approximate surface area is 110 Å². The van der Waals surface area contributed by atoms with Crippen molar-refractivity contribution in [2.75, 3.05) is 20.3 Å². The van der Waals surface area contributed by atoms with Crippen molar-refractivity contribution < 1.29 is 4.74 Å². The molecule has 1 fully saturated rings. The highest BCUT2D eigenvalue weighted by Gasteiger charge is 2.41. The molecule has 0 aliphatic heterocycles. The van der Waals surface area contributed by atoms with Crippen LogP contribution in [0.2, 0.25) is 0 Å². The summed E-state index contributed by atoms with van der Waals surface area (Å²) in [6.45, 7) is 7.23. The van der Waals surface area contributed by atoms with Crippen LogP contribution in [-0.4, -0.2) is 30.0 Å². The Morgan fingerprint density at radius 1 is 1.56 bits per heavy atom. The third-order valence-electron chi connectivity index (χ3n) is 4.05. The molecular formula is C14H25N3O. The van der Waals surface area contributed by atoms with Gasteiger partial charge in [-0.05, 0) is 38.5 Å². The van der Waals surface area contributed by atoms with Crippen LogP contribution in [0, 0.1) is 5.41 Å². The number of hydrogen-bond donors (Lipinski definition) is 1. The molecule has 1 unspecified atom stereocenters. The highest BCUT2D eigenvalue weighted by Crippen LogP contribution is 2.48. The van der Waals surface area contributed by atoms with Crippen molar-refractivity contribution in [1.29, 1.82) is 0 Å². The monoisotopic (exact) mass is 251 g/mol. The molecule has 1 aliphatic carbocycles. The minimum absolute atomic E-state index is 0.380. The summed E-state index contributed by atoms with van der Waals surface area (Å²) < 4.78 is 7.16. The second-order valence-electron chi connectivity index (χ2n) is 5.47. The average molecular weight is 251 g/mol. The Morgan fingerprint density at radius 3 is 2.89 bits per heavy atom. The van der Waals surface area contributed by atoms with Crippen molar-refractivity contribution in [3.8, 4) is 0 Å². The van der Waals surface area contributed by atoms with Gasteiger partial charge >= 0.3 is 0 Å². The maximum Gasteiger partial charge on any atom is 0.0537 e. The number of nitrogens with zero attached hydrogens (tertiary/aromatic N) is 2. The van der Waals surface area contributed by atoms with Gasteiger partial charge in [-0.1, -0.05) is 0 Å². The summed E-state index contributed by atoms with van der Waals surface area (Å²) in [6.07, 6.45) is 7.95. The lowest BCUT2D eigenvalue weighted by molar-refractivity contribution is 0.170. The van der Waals surface area contributed by atoms with E-state index in [1.54, 1.807) is 7.11 Å². The minimum Gasteiger partial charge on any atom is -0.385 e. The molecular weight excluding hydrogens is 226 g/mol. The summed E-state index contributed by atoms with van der Waals surface area (Å²) in [5.74, 6) is 0. The summed E-state index contributed by atoms with van der Waals surface area (Å²) in [4.78, 5) is 0. The molecule has 18 heavy (non-hydrogen) atoms. The highest BCUT2D eigenvalue weighted by atomic mass is 16.5. The van der Waals surface area contributed by atoms with Gasteiger partial charge in [0.2, 0.25) is 0 Å². The van der Waals surface area contributed by atoms with Crippen LogP contribution in [0.1, 0.15) is 44.7 Å². The molecule has 1 aromatic heterocycles. The maximum atomic E-state index is 5.19. The Morgan fingerprint density at radius 2 is 2.33 bits per heavy atom. The molecule has 0 radical (unpaired) electrons. The lowest BCUT2D eigenvalue weighted by atomic mass is 10.0. The van der Waals surface area contributed by atoms with Crippen LogP contribution < -0.4 is 5.32 Å². The fraction of sp³-hybridized carbons (Fsp3) is 0.786. The molecule has 102 valence electrons. The van der Waals surface area contributed by atoms with Crippen molar-refractivity contribution in [3.63, 3.8) is 0 Å². The fourth-order valence-electron chi connectivity index (χ4n) is 2.27. The molecule has 1 aromatic rings. The first-order valence-electron chi connectivity index (χ1n) is 6.94. The van der Waals surface area contributed by atoms with Crippen molar-refractivity contribution in [2.45, 2.75) is 45.7 Å². The van der Waals surface area contributed by atoms with Gasteiger partial charge in [-0.3, -0.25) is 4.68 Å². The molecule has 0 bridgehead atoms. The lowest BCUT2D eigenvalue weighted by Gasteiger charge is -2.19. The molecule has 0 aromatic carbocycles. The van der Waals surface area contributed by atoms with E-state index in [2.05, 4.69) is 30.5 Å². The van der Waals surface area contributed by atoms with Gasteiger partial charge in [0.15, 0.2) is 0 Å². The molecule has 0 amide bonds. The number of methoxy groups -OCH3 is 1. The predicted octanol–water partition coefficient (Wildman–Crippen LogP) is 2.37. The third kappa shape index (κ3) is 3.33. The van der Waals surface area contributed by atoms with E-state index in [1.165, 1.54) is 24.8 Å². The van der Waals surface area contributed by atoms with E-state index in [-0.39, 0.29) is 0 Å². The number of rotatable bonds is 8. The fourth-order valence-corrected chi connectivity index (χ4v) is 2.27. The Balaban J connectivity index is 1.79. The van der Waals surface area contributed by atoms with Crippen molar-refractivity contribution >= 4 is 0 Å². The first-order chi connectivity index (χ1) is 8.69. The number of aromatic nitrogens is 2. The zero-order chi connectivity index (χ0) is 13.0. The molecule has 1 atom stereocenters. The first-order valence-corrected chi connectivity index (χ1v) is 6.94. The molecule has 1 N–H and O–H groups in total. The second kappa shape index (κ2) is 5.85. The number of nitrogens with one attached hydrogen (secondary N) is 1. The predicted molar refractivity (Wildman–Crippen MR) is 72.5 cm³/mol. The van der Waals surface area contributed by atoms with Gasteiger partial charge in [0.25, 0.3) is 0 Å². The third-order valence-corrected chi connectivity index (χ3v) is 4.05. The SMILES string of the molecule is CCn1cc(C(C)NCC2(CCOC)CC2)cn1. The molecule has 1 saturated carbocycles. The van der Waals surface area contributed by atoms with Crippen molar-refractivity contribution in [2.24, 2.45) is 5.41 Å². The van der Waals surface area contributed by atoms with Gasteiger partial charge in [-0.25, -0.2) is 0 Å². The molecule has 2 rings (SSSR count). The van der Waals surface area contributed by atoms with Crippen molar-refractivity contribution in [3.05, 3.63) is 18.0 Å². The van der Waals surface area contributed by atoms with Gasteiger partial charge in [0.1, 0.15) is 0 Å².